The molecule has 3 saturated heterocycles. The molecule has 5 rings (SSSR count). The summed E-state index contributed by atoms with van der Waals surface area (Å²) in [6.07, 6.45) is 2.32. The van der Waals surface area contributed by atoms with E-state index in [-0.39, 0.29) is 31.4 Å². The van der Waals surface area contributed by atoms with Gasteiger partial charge in [-0.3, -0.25) is 14.5 Å². The molecule has 33 heavy (non-hydrogen) atoms. The van der Waals surface area contributed by atoms with Crippen LogP contribution in [-0.4, -0.2) is 58.7 Å². The summed E-state index contributed by atoms with van der Waals surface area (Å²) in [4.78, 5) is 32.5. The first-order valence-electron chi connectivity index (χ1n) is 11.6. The number of hydrogen-bond donors (Lipinski definition) is 0. The Kier molecular flexibility index (Phi) is 7.82. The Morgan fingerprint density at radius 3 is 2.18 bits per heavy atom. The van der Waals surface area contributed by atoms with E-state index in [1.54, 1.807) is 4.90 Å². The summed E-state index contributed by atoms with van der Waals surface area (Å²) in [6, 6.07) is 18.3. The molecule has 0 aliphatic carbocycles. The number of carbonyl (C=O) groups excluding carboxylic acids is 2. The van der Waals surface area contributed by atoms with Gasteiger partial charge < -0.3 is 9.80 Å². The normalized spacial score (nSPS) is 25.1. The number of benzene rings is 2. The second-order valence-corrected chi connectivity index (χ2v) is 10.5. The average molecular weight is 531 g/mol. The third kappa shape index (κ3) is 5.64. The fraction of sp³-hybridized carbons (Fsp3) is 0.462. The van der Waals surface area contributed by atoms with E-state index in [1.807, 2.05) is 24.3 Å². The predicted molar refractivity (Wildman–Crippen MR) is 138 cm³/mol. The fourth-order valence-corrected chi connectivity index (χ4v) is 5.99. The zero-order chi connectivity index (χ0) is 22.1. The van der Waals surface area contributed by atoms with Crippen molar-refractivity contribution in [1.29, 1.82) is 0 Å². The van der Waals surface area contributed by atoms with Gasteiger partial charge in [0.25, 0.3) is 0 Å². The van der Waals surface area contributed by atoms with Crippen LogP contribution in [0.25, 0.3) is 0 Å². The highest BCUT2D eigenvalue weighted by Gasteiger charge is 2.42. The summed E-state index contributed by atoms with van der Waals surface area (Å²) in [7, 11) is 0. The number of fused-ring (bicyclic) bond motifs is 2. The van der Waals surface area contributed by atoms with Gasteiger partial charge in [-0.25, -0.2) is 0 Å². The highest BCUT2D eigenvalue weighted by Crippen LogP contribution is 2.32. The van der Waals surface area contributed by atoms with Gasteiger partial charge in [-0.15, -0.1) is 0 Å². The number of amides is 2. The Morgan fingerprint density at radius 1 is 0.879 bits per heavy atom. The van der Waals surface area contributed by atoms with Crippen molar-refractivity contribution in [3.63, 3.8) is 0 Å². The summed E-state index contributed by atoms with van der Waals surface area (Å²) < 4.78 is 1.02. The SMILES string of the molecule is O=C([C@@H]1CCC(=O)N1Cc1ccc(Br)cc1)N1CC2CC(CN(Cc3ccccc3)C2)C1.S. The Balaban J connectivity index is 0.00000259. The molecule has 2 bridgehead atoms. The van der Waals surface area contributed by atoms with Gasteiger partial charge in [-0.1, -0.05) is 58.4 Å². The molecule has 7 heteroatoms. The van der Waals surface area contributed by atoms with Crippen LogP contribution in [0.1, 0.15) is 30.4 Å². The van der Waals surface area contributed by atoms with E-state index in [0.717, 1.165) is 42.8 Å². The maximum Gasteiger partial charge on any atom is 0.245 e. The van der Waals surface area contributed by atoms with Gasteiger partial charge in [-0.05, 0) is 47.9 Å². The van der Waals surface area contributed by atoms with E-state index in [2.05, 4.69) is 56.1 Å². The van der Waals surface area contributed by atoms with Crippen molar-refractivity contribution in [3.05, 3.63) is 70.2 Å². The van der Waals surface area contributed by atoms with Gasteiger partial charge in [0.15, 0.2) is 0 Å². The zero-order valence-corrected chi connectivity index (χ0v) is 21.4. The first kappa shape index (κ1) is 24.3. The van der Waals surface area contributed by atoms with Crippen molar-refractivity contribution in [2.45, 2.75) is 38.4 Å². The number of likely N-dealkylation sites (tertiary alicyclic amines) is 3. The van der Waals surface area contributed by atoms with E-state index in [1.165, 1.54) is 12.0 Å². The fourth-order valence-electron chi connectivity index (χ4n) is 5.72. The summed E-state index contributed by atoms with van der Waals surface area (Å²) in [5.41, 5.74) is 2.42. The van der Waals surface area contributed by atoms with E-state index < -0.39 is 0 Å². The molecule has 2 unspecified atom stereocenters. The maximum atomic E-state index is 13.5. The van der Waals surface area contributed by atoms with Crippen molar-refractivity contribution >= 4 is 41.2 Å². The van der Waals surface area contributed by atoms with E-state index >= 15 is 0 Å². The summed E-state index contributed by atoms with van der Waals surface area (Å²) in [6.45, 7) is 5.21. The summed E-state index contributed by atoms with van der Waals surface area (Å²) >= 11 is 3.46. The zero-order valence-electron chi connectivity index (χ0n) is 18.8. The summed E-state index contributed by atoms with van der Waals surface area (Å²) in [5.74, 6) is 1.29. The molecule has 0 aromatic heterocycles. The second kappa shape index (κ2) is 10.6. The molecule has 3 fully saturated rings. The Hall–Kier alpha value is -1.83. The topological polar surface area (TPSA) is 43.9 Å². The van der Waals surface area contributed by atoms with Crippen LogP contribution in [0, 0.1) is 11.8 Å². The Labute approximate surface area is 211 Å². The third-order valence-corrected chi connectivity index (χ3v) is 7.63. The van der Waals surface area contributed by atoms with Gasteiger partial charge in [0, 0.05) is 50.2 Å². The van der Waals surface area contributed by atoms with Crippen molar-refractivity contribution in [1.82, 2.24) is 14.7 Å². The lowest BCUT2D eigenvalue weighted by Gasteiger charge is -2.46. The van der Waals surface area contributed by atoms with Crippen LogP contribution >= 0.6 is 29.4 Å². The van der Waals surface area contributed by atoms with Crippen LogP contribution in [0.3, 0.4) is 0 Å². The van der Waals surface area contributed by atoms with Gasteiger partial charge >= 0.3 is 0 Å². The van der Waals surface area contributed by atoms with Crippen molar-refractivity contribution in [3.8, 4) is 0 Å². The highest BCUT2D eigenvalue weighted by molar-refractivity contribution is 9.10. The number of hydrogen-bond acceptors (Lipinski definition) is 3. The van der Waals surface area contributed by atoms with Crippen molar-refractivity contribution in [2.24, 2.45) is 11.8 Å². The van der Waals surface area contributed by atoms with Crippen LogP contribution in [0.2, 0.25) is 0 Å². The summed E-state index contributed by atoms with van der Waals surface area (Å²) in [5, 5.41) is 0. The molecule has 176 valence electrons. The minimum Gasteiger partial charge on any atom is -0.340 e. The van der Waals surface area contributed by atoms with E-state index in [4.69, 9.17) is 0 Å². The molecular weight excluding hydrogens is 498 g/mol. The van der Waals surface area contributed by atoms with Crippen LogP contribution < -0.4 is 0 Å². The molecule has 0 saturated carbocycles. The number of rotatable bonds is 5. The molecule has 0 spiro atoms. The van der Waals surface area contributed by atoms with Gasteiger partial charge in [0.2, 0.25) is 11.8 Å². The monoisotopic (exact) mass is 529 g/mol. The minimum absolute atomic E-state index is 0. The molecule has 2 aromatic carbocycles. The number of carbonyl (C=O) groups is 2. The maximum absolute atomic E-state index is 13.5. The average Bonchev–Trinajstić information content (AvgIpc) is 3.15. The molecule has 2 aromatic rings. The van der Waals surface area contributed by atoms with Crippen LogP contribution in [0.4, 0.5) is 0 Å². The van der Waals surface area contributed by atoms with Crippen LogP contribution in [-0.2, 0) is 22.7 Å². The van der Waals surface area contributed by atoms with Gasteiger partial charge in [0.1, 0.15) is 6.04 Å². The molecule has 3 aliphatic rings. The lowest BCUT2D eigenvalue weighted by atomic mass is 9.84. The second-order valence-electron chi connectivity index (χ2n) is 9.59. The van der Waals surface area contributed by atoms with Crippen molar-refractivity contribution in [2.75, 3.05) is 26.2 Å². The predicted octanol–water partition coefficient (Wildman–Crippen LogP) is 4.03. The van der Waals surface area contributed by atoms with Crippen LogP contribution in [0.5, 0.6) is 0 Å². The number of piperidine rings is 2. The van der Waals surface area contributed by atoms with E-state index in [0.29, 0.717) is 31.2 Å². The molecule has 3 atom stereocenters. The largest absolute Gasteiger partial charge is 0.340 e. The van der Waals surface area contributed by atoms with Gasteiger partial charge in [0.05, 0.1) is 0 Å². The molecular formula is C26H32BrN3O2S. The molecule has 2 amide bonds. The van der Waals surface area contributed by atoms with E-state index in [9.17, 15) is 9.59 Å². The lowest BCUT2D eigenvalue weighted by Crippen LogP contribution is -2.57. The molecule has 3 aliphatic heterocycles. The smallest absolute Gasteiger partial charge is 0.245 e. The van der Waals surface area contributed by atoms with Gasteiger partial charge in [-0.2, -0.15) is 13.5 Å². The first-order valence-corrected chi connectivity index (χ1v) is 12.4. The Bertz CT molecular complexity index is 957. The van der Waals surface area contributed by atoms with Crippen LogP contribution in [0.15, 0.2) is 59.1 Å². The number of halogens is 1. The molecule has 0 radical (unpaired) electrons. The Morgan fingerprint density at radius 2 is 1.52 bits per heavy atom. The standard InChI is InChI=1S/C26H30BrN3O2.H2S/c27-23-8-6-20(7-9-23)18-30-24(10-11-25(30)31)26(32)29-16-21-12-22(17-29)15-28(14-21)13-19-4-2-1-3-5-19;/h1-9,21-22,24H,10-18H2;1H2/t21?,22?,24-;/m0./s1. The minimum atomic E-state index is -0.314. The third-order valence-electron chi connectivity index (χ3n) is 7.10. The first-order chi connectivity index (χ1) is 15.5. The molecule has 5 nitrogen and oxygen atoms in total. The quantitative estimate of drug-likeness (QED) is 0.587. The number of nitrogens with zero attached hydrogens (tertiary/aromatic N) is 3. The lowest BCUT2D eigenvalue weighted by molar-refractivity contribution is -0.145. The molecule has 3 heterocycles. The molecule has 0 N–H and O–H groups in total. The highest BCUT2D eigenvalue weighted by atomic mass is 79.9. The van der Waals surface area contributed by atoms with Crippen molar-refractivity contribution < 1.29 is 9.59 Å².